The van der Waals surface area contributed by atoms with Crippen LogP contribution in [-0.4, -0.2) is 26.7 Å². The average Bonchev–Trinajstić information content (AvgIpc) is 2.75. The summed E-state index contributed by atoms with van der Waals surface area (Å²) < 4.78 is 10.7. The van der Waals surface area contributed by atoms with Gasteiger partial charge in [0.2, 0.25) is 0 Å². The summed E-state index contributed by atoms with van der Waals surface area (Å²) in [6.07, 6.45) is 0.722. The zero-order chi connectivity index (χ0) is 19.9. The van der Waals surface area contributed by atoms with Crippen molar-refractivity contribution in [1.29, 1.82) is 0 Å². The molecule has 0 aliphatic carbocycles. The van der Waals surface area contributed by atoms with E-state index in [9.17, 15) is 4.79 Å². The molecule has 0 unspecified atom stereocenters. The van der Waals surface area contributed by atoms with Crippen LogP contribution < -0.4 is 14.8 Å². The summed E-state index contributed by atoms with van der Waals surface area (Å²) in [6.45, 7) is 2.58. The molecule has 0 aliphatic heterocycles. The van der Waals surface area contributed by atoms with E-state index in [2.05, 4.69) is 17.4 Å². The maximum Gasteiger partial charge on any atom is 0.251 e. The molecule has 0 fully saturated rings. The third-order valence-corrected chi connectivity index (χ3v) is 4.78. The third kappa shape index (κ3) is 4.52. The molecule has 4 nitrogen and oxygen atoms in total. The number of aryl methyl sites for hydroxylation is 1. The van der Waals surface area contributed by atoms with E-state index in [0.717, 1.165) is 28.7 Å². The molecule has 3 aromatic rings. The number of benzene rings is 3. The van der Waals surface area contributed by atoms with E-state index in [-0.39, 0.29) is 5.91 Å². The Morgan fingerprint density at radius 3 is 2.11 bits per heavy atom. The molecule has 0 saturated heterocycles. The van der Waals surface area contributed by atoms with Gasteiger partial charge in [-0.3, -0.25) is 4.79 Å². The molecule has 0 aromatic heterocycles. The SMILES string of the molecule is COc1cc(C)c(CCNC(=O)c2ccc(-c3ccccc3)cc2)cc1OC. The van der Waals surface area contributed by atoms with Crippen molar-refractivity contribution < 1.29 is 14.3 Å². The number of amides is 1. The Bertz CT molecular complexity index is 934. The largest absolute Gasteiger partial charge is 0.493 e. The summed E-state index contributed by atoms with van der Waals surface area (Å²) in [5.41, 5.74) is 5.12. The fourth-order valence-electron chi connectivity index (χ4n) is 3.15. The zero-order valence-corrected chi connectivity index (χ0v) is 16.5. The van der Waals surface area contributed by atoms with Gasteiger partial charge < -0.3 is 14.8 Å². The van der Waals surface area contributed by atoms with Crippen LogP contribution in [0.2, 0.25) is 0 Å². The highest BCUT2D eigenvalue weighted by Gasteiger charge is 2.10. The van der Waals surface area contributed by atoms with Gasteiger partial charge in [0.05, 0.1) is 14.2 Å². The highest BCUT2D eigenvalue weighted by Crippen LogP contribution is 2.30. The number of ether oxygens (including phenoxy) is 2. The van der Waals surface area contributed by atoms with Gasteiger partial charge in [-0.05, 0) is 59.9 Å². The first-order chi connectivity index (χ1) is 13.6. The van der Waals surface area contributed by atoms with Crippen LogP contribution in [0, 0.1) is 6.92 Å². The quantitative estimate of drug-likeness (QED) is 0.654. The van der Waals surface area contributed by atoms with Gasteiger partial charge in [-0.15, -0.1) is 0 Å². The Hall–Kier alpha value is -3.27. The molecule has 1 N–H and O–H groups in total. The summed E-state index contributed by atoms with van der Waals surface area (Å²) in [4.78, 5) is 12.4. The Kier molecular flexibility index (Phi) is 6.33. The minimum Gasteiger partial charge on any atom is -0.493 e. The van der Waals surface area contributed by atoms with Crippen molar-refractivity contribution in [3.8, 4) is 22.6 Å². The lowest BCUT2D eigenvalue weighted by Gasteiger charge is -2.13. The molecule has 0 saturated carbocycles. The van der Waals surface area contributed by atoms with E-state index in [4.69, 9.17) is 9.47 Å². The first-order valence-electron chi connectivity index (χ1n) is 9.27. The molecule has 0 radical (unpaired) electrons. The smallest absolute Gasteiger partial charge is 0.251 e. The fourth-order valence-corrected chi connectivity index (χ4v) is 3.15. The molecule has 0 aliphatic rings. The van der Waals surface area contributed by atoms with Gasteiger partial charge in [0, 0.05) is 12.1 Å². The van der Waals surface area contributed by atoms with E-state index >= 15 is 0 Å². The number of carbonyl (C=O) groups excluding carboxylic acids is 1. The van der Waals surface area contributed by atoms with Crippen LogP contribution in [0.4, 0.5) is 0 Å². The van der Waals surface area contributed by atoms with Crippen molar-refractivity contribution in [3.05, 3.63) is 83.4 Å². The average molecular weight is 375 g/mol. The normalized spacial score (nSPS) is 10.4. The predicted octanol–water partition coefficient (Wildman–Crippen LogP) is 4.65. The molecular formula is C24H25NO3. The van der Waals surface area contributed by atoms with Crippen LogP contribution in [0.1, 0.15) is 21.5 Å². The maximum atomic E-state index is 12.4. The fraction of sp³-hybridized carbons (Fsp3) is 0.208. The van der Waals surface area contributed by atoms with Gasteiger partial charge in [0.25, 0.3) is 5.91 Å². The van der Waals surface area contributed by atoms with E-state index < -0.39 is 0 Å². The lowest BCUT2D eigenvalue weighted by atomic mass is 10.0. The Labute approximate surface area is 166 Å². The molecule has 0 heterocycles. The predicted molar refractivity (Wildman–Crippen MR) is 112 cm³/mol. The molecule has 3 rings (SSSR count). The molecular weight excluding hydrogens is 350 g/mol. The monoisotopic (exact) mass is 375 g/mol. The zero-order valence-electron chi connectivity index (χ0n) is 16.5. The summed E-state index contributed by atoms with van der Waals surface area (Å²) in [5.74, 6) is 1.34. The third-order valence-electron chi connectivity index (χ3n) is 4.78. The number of methoxy groups -OCH3 is 2. The molecule has 1 amide bonds. The molecule has 0 spiro atoms. The molecule has 4 heteroatoms. The minimum atomic E-state index is -0.0715. The number of rotatable bonds is 7. The van der Waals surface area contributed by atoms with Gasteiger partial charge in [0.15, 0.2) is 11.5 Å². The summed E-state index contributed by atoms with van der Waals surface area (Å²) in [7, 11) is 3.25. The van der Waals surface area contributed by atoms with E-state index in [1.807, 2.05) is 61.5 Å². The highest BCUT2D eigenvalue weighted by molar-refractivity contribution is 5.94. The van der Waals surface area contributed by atoms with Crippen molar-refractivity contribution in [2.45, 2.75) is 13.3 Å². The maximum absolute atomic E-state index is 12.4. The standard InChI is InChI=1S/C24H25NO3/c1-17-15-22(27-2)23(28-3)16-21(17)13-14-25-24(26)20-11-9-19(10-12-20)18-7-5-4-6-8-18/h4-12,15-16H,13-14H2,1-3H3,(H,25,26). The van der Waals surface area contributed by atoms with Crippen LogP contribution in [-0.2, 0) is 6.42 Å². The number of hydrogen-bond acceptors (Lipinski definition) is 3. The van der Waals surface area contributed by atoms with Gasteiger partial charge >= 0.3 is 0 Å². The lowest BCUT2D eigenvalue weighted by Crippen LogP contribution is -2.25. The van der Waals surface area contributed by atoms with Crippen LogP contribution in [0.3, 0.4) is 0 Å². The second-order valence-electron chi connectivity index (χ2n) is 6.58. The Balaban J connectivity index is 1.60. The second-order valence-corrected chi connectivity index (χ2v) is 6.58. The number of hydrogen-bond donors (Lipinski definition) is 1. The van der Waals surface area contributed by atoms with E-state index in [1.165, 1.54) is 0 Å². The molecule has 144 valence electrons. The highest BCUT2D eigenvalue weighted by atomic mass is 16.5. The summed E-state index contributed by atoms with van der Waals surface area (Å²) >= 11 is 0. The van der Waals surface area contributed by atoms with Gasteiger partial charge in [-0.25, -0.2) is 0 Å². The molecule has 28 heavy (non-hydrogen) atoms. The second kappa shape index (κ2) is 9.09. The van der Waals surface area contributed by atoms with Crippen LogP contribution >= 0.6 is 0 Å². The van der Waals surface area contributed by atoms with Crippen molar-refractivity contribution in [2.24, 2.45) is 0 Å². The van der Waals surface area contributed by atoms with Crippen molar-refractivity contribution >= 4 is 5.91 Å². The van der Waals surface area contributed by atoms with E-state index in [1.54, 1.807) is 14.2 Å². The Morgan fingerprint density at radius 1 is 0.857 bits per heavy atom. The van der Waals surface area contributed by atoms with Crippen LogP contribution in [0.25, 0.3) is 11.1 Å². The van der Waals surface area contributed by atoms with Gasteiger partial charge in [0.1, 0.15) is 0 Å². The van der Waals surface area contributed by atoms with Gasteiger partial charge in [-0.2, -0.15) is 0 Å². The molecule has 3 aromatic carbocycles. The summed E-state index contributed by atoms with van der Waals surface area (Å²) in [6, 6.07) is 21.7. The van der Waals surface area contributed by atoms with E-state index in [0.29, 0.717) is 23.6 Å². The van der Waals surface area contributed by atoms with Crippen molar-refractivity contribution in [3.63, 3.8) is 0 Å². The van der Waals surface area contributed by atoms with Crippen molar-refractivity contribution in [1.82, 2.24) is 5.32 Å². The number of carbonyl (C=O) groups is 1. The lowest BCUT2D eigenvalue weighted by molar-refractivity contribution is 0.0954. The van der Waals surface area contributed by atoms with Crippen molar-refractivity contribution in [2.75, 3.05) is 20.8 Å². The van der Waals surface area contributed by atoms with Gasteiger partial charge in [-0.1, -0.05) is 42.5 Å². The summed E-state index contributed by atoms with van der Waals surface area (Å²) in [5, 5.41) is 2.99. The number of nitrogens with one attached hydrogen (secondary N) is 1. The molecule has 0 bridgehead atoms. The first kappa shape index (κ1) is 19.5. The first-order valence-corrected chi connectivity index (χ1v) is 9.27. The topological polar surface area (TPSA) is 47.6 Å². The molecule has 0 atom stereocenters. The van der Waals surface area contributed by atoms with Crippen LogP contribution in [0.5, 0.6) is 11.5 Å². The van der Waals surface area contributed by atoms with Crippen LogP contribution in [0.15, 0.2) is 66.7 Å². The minimum absolute atomic E-state index is 0.0715. The Morgan fingerprint density at radius 2 is 1.46 bits per heavy atom.